The fraction of sp³-hybridized carbons (Fsp3) is 0.571. The maximum atomic E-state index is 13.4. The molecule has 0 spiro atoms. The highest BCUT2D eigenvalue weighted by Crippen LogP contribution is 2.17. The average molecular weight is 306 g/mol. The van der Waals surface area contributed by atoms with Crippen molar-refractivity contribution in [3.8, 4) is 0 Å². The molecule has 0 bridgehead atoms. The van der Waals surface area contributed by atoms with Gasteiger partial charge in [-0.2, -0.15) is 0 Å². The van der Waals surface area contributed by atoms with Gasteiger partial charge in [-0.3, -0.25) is 0 Å². The van der Waals surface area contributed by atoms with E-state index >= 15 is 0 Å². The summed E-state index contributed by atoms with van der Waals surface area (Å²) >= 11 is 0. The molecule has 0 atom stereocenters. The van der Waals surface area contributed by atoms with E-state index in [0.717, 1.165) is 18.5 Å². The molecule has 0 N–H and O–H groups in total. The van der Waals surface area contributed by atoms with Crippen LogP contribution in [-0.2, 0) is 15.3 Å². The van der Waals surface area contributed by atoms with Crippen LogP contribution in [0.25, 0.3) is 0 Å². The van der Waals surface area contributed by atoms with Gasteiger partial charge in [0.1, 0.15) is 5.82 Å². The lowest BCUT2D eigenvalue weighted by Crippen LogP contribution is -2.22. The molecule has 0 aliphatic heterocycles. The van der Waals surface area contributed by atoms with E-state index in [2.05, 4.69) is 0 Å². The highest BCUT2D eigenvalue weighted by molar-refractivity contribution is 6.44. The molecule has 0 aliphatic rings. The Labute approximate surface area is 119 Å². The molecular formula is C14H21F3O2Si. The standard InChI is InChI=1S/C14H21F3O2Si/c1-3-18-20(19-4-2)8-6-5-7-11-9-13(16)14(17)10-12(11)15/h9-10,20H,3-8H2,1-2H3. The van der Waals surface area contributed by atoms with Gasteiger partial charge in [0.15, 0.2) is 11.6 Å². The quantitative estimate of drug-likeness (QED) is 0.393. The van der Waals surface area contributed by atoms with Crippen molar-refractivity contribution in [1.29, 1.82) is 0 Å². The molecule has 0 saturated heterocycles. The van der Waals surface area contributed by atoms with E-state index in [1.165, 1.54) is 0 Å². The number of aryl methyl sites for hydroxylation is 1. The molecule has 0 unspecified atom stereocenters. The molecule has 0 aromatic heterocycles. The molecule has 0 heterocycles. The fourth-order valence-corrected chi connectivity index (χ4v) is 3.76. The average Bonchev–Trinajstić information content (AvgIpc) is 2.40. The molecule has 0 fully saturated rings. The van der Waals surface area contributed by atoms with Crippen molar-refractivity contribution in [3.63, 3.8) is 0 Å². The van der Waals surface area contributed by atoms with Crippen LogP contribution < -0.4 is 0 Å². The van der Waals surface area contributed by atoms with Gasteiger partial charge in [-0.15, -0.1) is 0 Å². The fourth-order valence-electron chi connectivity index (χ4n) is 1.97. The summed E-state index contributed by atoms with van der Waals surface area (Å²) in [5.74, 6) is -2.84. The van der Waals surface area contributed by atoms with E-state index in [4.69, 9.17) is 8.85 Å². The van der Waals surface area contributed by atoms with E-state index in [0.29, 0.717) is 32.1 Å². The van der Waals surface area contributed by atoms with Crippen molar-refractivity contribution < 1.29 is 22.0 Å². The Balaban J connectivity index is 2.38. The monoisotopic (exact) mass is 306 g/mol. The second-order valence-electron chi connectivity index (χ2n) is 4.44. The predicted molar refractivity (Wildman–Crippen MR) is 74.5 cm³/mol. The van der Waals surface area contributed by atoms with Crippen LogP contribution in [0, 0.1) is 17.5 Å². The smallest absolute Gasteiger partial charge is 0.321 e. The van der Waals surface area contributed by atoms with Crippen LogP contribution in [0.5, 0.6) is 0 Å². The first-order chi connectivity index (χ1) is 9.58. The SMILES string of the molecule is CCO[SiH](CCCCc1cc(F)c(F)cc1F)OCC. The molecular weight excluding hydrogens is 285 g/mol. The Hall–Kier alpha value is -0.853. The second kappa shape index (κ2) is 9.15. The lowest BCUT2D eigenvalue weighted by atomic mass is 10.1. The van der Waals surface area contributed by atoms with Gasteiger partial charge in [0.05, 0.1) is 0 Å². The largest absolute Gasteiger partial charge is 0.397 e. The van der Waals surface area contributed by atoms with E-state index < -0.39 is 26.7 Å². The Morgan fingerprint density at radius 1 is 0.900 bits per heavy atom. The summed E-state index contributed by atoms with van der Waals surface area (Å²) < 4.78 is 50.3. The first kappa shape index (κ1) is 17.2. The highest BCUT2D eigenvalue weighted by Gasteiger charge is 2.13. The van der Waals surface area contributed by atoms with Crippen molar-refractivity contribution in [3.05, 3.63) is 35.1 Å². The zero-order chi connectivity index (χ0) is 15.0. The van der Waals surface area contributed by atoms with Gasteiger partial charge in [0, 0.05) is 19.3 Å². The minimum absolute atomic E-state index is 0.218. The molecule has 1 aromatic carbocycles. The van der Waals surface area contributed by atoms with Crippen molar-refractivity contribution in [1.82, 2.24) is 0 Å². The topological polar surface area (TPSA) is 18.5 Å². The Bertz CT molecular complexity index is 410. The zero-order valence-electron chi connectivity index (χ0n) is 11.9. The first-order valence-electron chi connectivity index (χ1n) is 6.95. The van der Waals surface area contributed by atoms with Crippen LogP contribution in [0.1, 0.15) is 32.3 Å². The summed E-state index contributed by atoms with van der Waals surface area (Å²) in [5, 5.41) is 0. The number of hydrogen-bond donors (Lipinski definition) is 0. The molecule has 1 rings (SSSR count). The summed E-state index contributed by atoms with van der Waals surface area (Å²) in [7, 11) is -1.62. The lowest BCUT2D eigenvalue weighted by molar-refractivity contribution is 0.212. The second-order valence-corrected chi connectivity index (χ2v) is 6.55. The predicted octanol–water partition coefficient (Wildman–Crippen LogP) is 3.72. The van der Waals surface area contributed by atoms with E-state index in [9.17, 15) is 13.2 Å². The van der Waals surface area contributed by atoms with Crippen LogP contribution in [0.4, 0.5) is 13.2 Å². The summed E-state index contributed by atoms with van der Waals surface area (Å²) in [6.45, 7) is 5.12. The maximum absolute atomic E-state index is 13.4. The number of rotatable bonds is 9. The van der Waals surface area contributed by atoms with Crippen LogP contribution in [0.3, 0.4) is 0 Å². The van der Waals surface area contributed by atoms with E-state index in [1.54, 1.807) is 0 Å². The van der Waals surface area contributed by atoms with Gasteiger partial charge >= 0.3 is 9.28 Å². The van der Waals surface area contributed by atoms with Crippen molar-refractivity contribution >= 4 is 9.28 Å². The Morgan fingerprint density at radius 2 is 1.50 bits per heavy atom. The number of hydrogen-bond acceptors (Lipinski definition) is 2. The third-order valence-electron chi connectivity index (χ3n) is 2.93. The van der Waals surface area contributed by atoms with Gasteiger partial charge in [-0.25, -0.2) is 13.2 Å². The van der Waals surface area contributed by atoms with Gasteiger partial charge in [0.25, 0.3) is 0 Å². The summed E-state index contributed by atoms with van der Waals surface area (Å²) in [6, 6.07) is 2.38. The molecule has 1 aromatic rings. The van der Waals surface area contributed by atoms with Crippen molar-refractivity contribution in [2.24, 2.45) is 0 Å². The maximum Gasteiger partial charge on any atom is 0.321 e. The molecule has 114 valence electrons. The minimum Gasteiger partial charge on any atom is -0.397 e. The van der Waals surface area contributed by atoms with Crippen LogP contribution >= 0.6 is 0 Å². The third kappa shape index (κ3) is 5.64. The molecule has 6 heteroatoms. The van der Waals surface area contributed by atoms with Gasteiger partial charge in [0.2, 0.25) is 0 Å². The Kier molecular flexibility index (Phi) is 7.87. The van der Waals surface area contributed by atoms with Gasteiger partial charge in [-0.05, 0) is 44.4 Å². The summed E-state index contributed by atoms with van der Waals surface area (Å²) in [6.07, 6.45) is 1.92. The van der Waals surface area contributed by atoms with Crippen LogP contribution in [0.15, 0.2) is 12.1 Å². The van der Waals surface area contributed by atoms with Crippen molar-refractivity contribution in [2.75, 3.05) is 13.2 Å². The normalized spacial score (nSPS) is 11.3. The first-order valence-corrected chi connectivity index (χ1v) is 8.71. The number of unbranched alkanes of at least 4 members (excludes halogenated alkanes) is 1. The summed E-state index contributed by atoms with van der Waals surface area (Å²) in [4.78, 5) is 0. The third-order valence-corrected chi connectivity index (χ3v) is 5.22. The summed E-state index contributed by atoms with van der Waals surface area (Å²) in [5.41, 5.74) is 0.218. The molecule has 0 radical (unpaired) electrons. The zero-order valence-corrected chi connectivity index (χ0v) is 13.1. The molecule has 0 saturated carbocycles. The highest BCUT2D eigenvalue weighted by atomic mass is 28.3. The Morgan fingerprint density at radius 3 is 2.10 bits per heavy atom. The molecule has 0 aliphatic carbocycles. The van der Waals surface area contributed by atoms with Crippen LogP contribution in [0.2, 0.25) is 6.04 Å². The van der Waals surface area contributed by atoms with Gasteiger partial charge < -0.3 is 8.85 Å². The minimum atomic E-state index is -1.62. The molecule has 2 nitrogen and oxygen atoms in total. The number of halogens is 3. The van der Waals surface area contributed by atoms with E-state index in [1.807, 2.05) is 13.8 Å². The number of benzene rings is 1. The molecule has 20 heavy (non-hydrogen) atoms. The van der Waals surface area contributed by atoms with Crippen molar-refractivity contribution in [2.45, 2.75) is 39.2 Å². The molecule has 0 amide bonds. The van der Waals surface area contributed by atoms with Crippen LogP contribution in [-0.4, -0.2) is 22.5 Å². The van der Waals surface area contributed by atoms with E-state index in [-0.39, 0.29) is 5.56 Å². The van der Waals surface area contributed by atoms with Gasteiger partial charge in [-0.1, -0.05) is 6.42 Å². The lowest BCUT2D eigenvalue weighted by Gasteiger charge is -2.14.